The molecule has 176 valence electrons. The molecule has 5 heterocycles. The monoisotopic (exact) mass is 653 g/mol. The molecular weight excluding hydrogens is 639 g/mol. The fraction of sp³-hybridized carbons (Fsp3) is 0. The van der Waals surface area contributed by atoms with Crippen molar-refractivity contribution in [3.05, 3.63) is 106 Å². The van der Waals surface area contributed by atoms with E-state index >= 15 is 8.78 Å². The molecule has 35 heavy (non-hydrogen) atoms. The minimum absolute atomic E-state index is 0. The molecule has 9 heteroatoms. The first-order valence-corrected chi connectivity index (χ1v) is 10.4. The number of benzene rings is 1. The van der Waals surface area contributed by atoms with Gasteiger partial charge < -0.3 is 9.97 Å². The topological polar surface area (TPSA) is 57.4 Å². The first kappa shape index (κ1) is 23.0. The van der Waals surface area contributed by atoms with Crippen molar-refractivity contribution in [2.24, 2.45) is 0 Å². The number of rotatable bonds is 1. The summed E-state index contributed by atoms with van der Waals surface area (Å²) in [7, 11) is 0. The molecule has 2 N–H and O–H groups in total. The molecule has 0 radical (unpaired) electrons. The Morgan fingerprint density at radius 3 is 2.09 bits per heavy atom. The maximum atomic E-state index is 15.6. The second-order valence-corrected chi connectivity index (χ2v) is 7.85. The molecule has 0 aliphatic carbocycles. The van der Waals surface area contributed by atoms with Gasteiger partial charge in [0.2, 0.25) is 0 Å². The molecule has 0 saturated heterocycles. The van der Waals surface area contributed by atoms with Gasteiger partial charge in [0.05, 0.1) is 22.6 Å². The Hall–Kier alpha value is -3.77. The molecule has 1 aromatic carbocycles. The predicted octanol–water partition coefficient (Wildman–Crippen LogP) is 6.79. The molecule has 6 rings (SSSR count). The first-order valence-electron chi connectivity index (χ1n) is 10.4. The van der Waals surface area contributed by atoms with Gasteiger partial charge in [-0.2, -0.15) is 0 Å². The SMILES string of the molecule is FC1=C(c2ccccc2)c2cc3ccc(cc4nc(cc5[nH]c(c(F)c1n2)c(F)c5F)C=C4)[nH]3.[Pt]. The molecule has 2 aliphatic rings. The second-order valence-electron chi connectivity index (χ2n) is 7.85. The summed E-state index contributed by atoms with van der Waals surface area (Å²) in [5, 5.41) is 0. The van der Waals surface area contributed by atoms with Crippen LogP contribution >= 0.6 is 0 Å². The summed E-state index contributed by atoms with van der Waals surface area (Å²) in [6, 6.07) is 16.7. The zero-order valence-electron chi connectivity index (χ0n) is 17.7. The van der Waals surface area contributed by atoms with Crippen LogP contribution in [0.5, 0.6) is 0 Å². The Kier molecular flexibility index (Phi) is 5.77. The molecule has 0 fully saturated rings. The Morgan fingerprint density at radius 2 is 1.34 bits per heavy atom. The Labute approximate surface area is 210 Å². The fourth-order valence-electron chi connectivity index (χ4n) is 4.03. The van der Waals surface area contributed by atoms with Crippen LogP contribution in [0.1, 0.15) is 28.3 Å². The third-order valence-electron chi connectivity index (χ3n) is 5.62. The minimum atomic E-state index is -1.46. The van der Waals surface area contributed by atoms with E-state index in [9.17, 15) is 8.78 Å². The standard InChI is InChI=1S/C26H14F4N4.Pt/c27-21-19-12-17-9-7-15(32-17)10-14-6-8-16(31-14)11-18-20(13-4-2-1-3-5-13)22(28)25(33-18)24(30)26(34-19)23(21)29;/h1-12,31,34H;. The molecule has 8 bridgehead atoms. The molecule has 0 atom stereocenters. The average molecular weight is 653 g/mol. The zero-order chi connectivity index (χ0) is 23.4. The van der Waals surface area contributed by atoms with E-state index in [1.165, 1.54) is 6.07 Å². The van der Waals surface area contributed by atoms with Crippen LogP contribution in [0.3, 0.4) is 0 Å². The van der Waals surface area contributed by atoms with Gasteiger partial charge in [0.1, 0.15) is 11.2 Å². The van der Waals surface area contributed by atoms with Crippen LogP contribution in [-0.2, 0) is 21.1 Å². The van der Waals surface area contributed by atoms with Gasteiger partial charge in [-0.3, -0.25) is 0 Å². The van der Waals surface area contributed by atoms with Gasteiger partial charge in [0, 0.05) is 37.7 Å². The van der Waals surface area contributed by atoms with Gasteiger partial charge in [-0.15, -0.1) is 0 Å². The minimum Gasteiger partial charge on any atom is -0.355 e. The van der Waals surface area contributed by atoms with Crippen LogP contribution in [0.15, 0.2) is 60.7 Å². The van der Waals surface area contributed by atoms with Crippen LogP contribution < -0.4 is 0 Å². The quantitative estimate of drug-likeness (QED) is 0.196. The molecule has 3 aromatic heterocycles. The molecule has 4 aromatic rings. The van der Waals surface area contributed by atoms with Gasteiger partial charge >= 0.3 is 0 Å². The summed E-state index contributed by atoms with van der Waals surface area (Å²) < 4.78 is 60.3. The van der Waals surface area contributed by atoms with E-state index in [1.807, 2.05) is 6.07 Å². The molecule has 0 amide bonds. The number of aromatic nitrogens is 4. The summed E-state index contributed by atoms with van der Waals surface area (Å²) in [5.74, 6) is -5.07. The third-order valence-corrected chi connectivity index (χ3v) is 5.62. The van der Waals surface area contributed by atoms with Gasteiger partial charge in [-0.1, -0.05) is 30.3 Å². The summed E-state index contributed by atoms with van der Waals surface area (Å²) in [6.07, 6.45) is 3.33. The number of halogens is 4. The van der Waals surface area contributed by atoms with Gasteiger partial charge in [0.15, 0.2) is 23.3 Å². The second kappa shape index (κ2) is 8.78. The number of fused-ring (bicyclic) bond motifs is 8. The van der Waals surface area contributed by atoms with Crippen LogP contribution in [0.4, 0.5) is 17.6 Å². The maximum absolute atomic E-state index is 15.6. The Bertz CT molecular complexity index is 1700. The van der Waals surface area contributed by atoms with E-state index in [4.69, 9.17) is 0 Å². The molecule has 0 spiro atoms. The van der Waals surface area contributed by atoms with E-state index in [1.54, 1.807) is 60.7 Å². The summed E-state index contributed by atoms with van der Waals surface area (Å²) in [5.41, 5.74) is 1.05. The molecular formula is C26H14F4N4Pt. The van der Waals surface area contributed by atoms with Crippen molar-refractivity contribution in [1.82, 2.24) is 19.9 Å². The van der Waals surface area contributed by atoms with Crippen molar-refractivity contribution in [2.45, 2.75) is 0 Å². The first-order chi connectivity index (χ1) is 16.5. The number of aromatic amines is 2. The van der Waals surface area contributed by atoms with Crippen molar-refractivity contribution in [3.63, 3.8) is 0 Å². The molecule has 0 saturated carbocycles. The average Bonchev–Trinajstić information content (AvgIpc) is 3.59. The molecule has 0 unspecified atom stereocenters. The van der Waals surface area contributed by atoms with E-state index in [-0.39, 0.29) is 37.8 Å². The van der Waals surface area contributed by atoms with E-state index in [0.29, 0.717) is 28.0 Å². The molecule has 2 aliphatic heterocycles. The largest absolute Gasteiger partial charge is 0.355 e. The van der Waals surface area contributed by atoms with E-state index in [2.05, 4.69) is 19.9 Å². The van der Waals surface area contributed by atoms with Gasteiger partial charge in [-0.05, 0) is 48.0 Å². The summed E-state index contributed by atoms with van der Waals surface area (Å²) in [6.45, 7) is 0. The van der Waals surface area contributed by atoms with Crippen molar-refractivity contribution in [2.75, 3.05) is 0 Å². The van der Waals surface area contributed by atoms with Crippen molar-refractivity contribution in [1.29, 1.82) is 0 Å². The van der Waals surface area contributed by atoms with Crippen molar-refractivity contribution < 1.29 is 38.6 Å². The van der Waals surface area contributed by atoms with Gasteiger partial charge in [0.25, 0.3) is 0 Å². The molecule has 4 nitrogen and oxygen atoms in total. The maximum Gasteiger partial charge on any atom is 0.187 e. The Balaban J connectivity index is 0.00000253. The summed E-state index contributed by atoms with van der Waals surface area (Å²) >= 11 is 0. The third kappa shape index (κ3) is 3.94. The summed E-state index contributed by atoms with van der Waals surface area (Å²) in [4.78, 5) is 14.0. The predicted molar refractivity (Wildman–Crippen MR) is 123 cm³/mol. The fourth-order valence-corrected chi connectivity index (χ4v) is 4.03. The smallest absolute Gasteiger partial charge is 0.187 e. The van der Waals surface area contributed by atoms with E-state index in [0.717, 1.165) is 0 Å². The normalized spacial score (nSPS) is 12.7. The van der Waals surface area contributed by atoms with Crippen LogP contribution in [0, 0.1) is 17.5 Å². The van der Waals surface area contributed by atoms with Crippen molar-refractivity contribution in [3.8, 4) is 0 Å². The van der Waals surface area contributed by atoms with Gasteiger partial charge in [-0.25, -0.2) is 27.5 Å². The zero-order valence-corrected chi connectivity index (χ0v) is 19.9. The van der Waals surface area contributed by atoms with E-state index < -0.39 is 34.5 Å². The van der Waals surface area contributed by atoms with Crippen LogP contribution in [-0.4, -0.2) is 19.9 Å². The number of H-pyrrole nitrogens is 2. The number of nitrogens with zero attached hydrogens (tertiary/aromatic N) is 2. The number of hydrogen-bond acceptors (Lipinski definition) is 2. The number of nitrogens with one attached hydrogen (secondary N) is 2. The Morgan fingerprint density at radius 1 is 0.657 bits per heavy atom. The number of hydrogen-bond donors (Lipinski definition) is 2. The van der Waals surface area contributed by atoms with Crippen LogP contribution in [0.25, 0.3) is 45.6 Å². The van der Waals surface area contributed by atoms with Crippen LogP contribution in [0.2, 0.25) is 0 Å². The van der Waals surface area contributed by atoms with Crippen molar-refractivity contribution >= 4 is 45.6 Å².